The number of nitrogen functional groups attached to an aromatic ring is 1. The Morgan fingerprint density at radius 1 is 0.394 bits per heavy atom. The van der Waals surface area contributed by atoms with Gasteiger partial charge in [-0.2, -0.15) is 15.0 Å². The minimum atomic E-state index is -1.57. The van der Waals surface area contributed by atoms with Crippen LogP contribution in [0.5, 0.6) is 0 Å². The summed E-state index contributed by atoms with van der Waals surface area (Å²) in [6.45, 7) is 13.6. The van der Waals surface area contributed by atoms with Crippen LogP contribution in [0.25, 0.3) is 88.1 Å². The van der Waals surface area contributed by atoms with Gasteiger partial charge in [0, 0.05) is 47.8 Å². The van der Waals surface area contributed by atoms with Crippen LogP contribution in [0.3, 0.4) is 0 Å². The second kappa shape index (κ2) is 42.9. The lowest BCUT2D eigenvalue weighted by atomic mass is 9.78. The summed E-state index contributed by atoms with van der Waals surface area (Å²) in [6, 6.07) is 40.3. The standard InChI is InChI=1S/C14H19BN2O3.C10H10BN2O2.4C9H9BN2O4.C8H8BN2O2.C7H7BN2O3.2H2O/c1-13(2)14(3,4)20-15(19-13)9-6-7-11-10(8-9)12(16-5)17-18-11;14-11-6-1-4-9-8(5-6)10(13-15-9)12-7-2-3-7;1-5(13)11-9-12-7-4-6(10(14)15)2-3-8(7)16-9;1-5(13)11-9-7-4-6(10(14)15)2-3-8(7)16-12-9;1-5(13)11-9-12-7-3-2-6(10(14)15)4-8(7)16-9;1-5(13)11-9-7-3-2-6(10(14)15)4-8(7)16-12-9;1-10-8-6-4-5(9-12)2-3-7(6)13-11-8;9-7-10-5-3-4(8(11)12)1-2-6(5)13-7;;/h6-8H,1-5H3,(H,16,17);1,4-5,7,14H,2-3H2,(H,12,13);4*2-4,14-15H,1H3,(H,11,12,13);2-4,12H,1H3,(H,10,11);1-3,11-12H,(H2,9,10);2*1H2. The van der Waals surface area contributed by atoms with Crippen LogP contribution in [0.2, 0.25) is 0 Å². The van der Waals surface area contributed by atoms with Crippen LogP contribution < -0.4 is 86.7 Å². The fourth-order valence-corrected chi connectivity index (χ4v) is 11.5. The summed E-state index contributed by atoms with van der Waals surface area (Å²) in [5.41, 5.74) is 14.6. The Kier molecular flexibility index (Phi) is 32.9. The molecule has 8 aromatic heterocycles. The molecule has 2 aliphatic rings. The Bertz CT molecular complexity index is 6310. The lowest BCUT2D eigenvalue weighted by Gasteiger charge is -2.32. The number of benzene rings is 8. The zero-order valence-electron chi connectivity index (χ0n) is 69.2. The van der Waals surface area contributed by atoms with E-state index in [0.29, 0.717) is 106 Å². The number of rotatable bonds is 16. The zero-order chi connectivity index (χ0) is 90.3. The molecule has 1 aliphatic carbocycles. The predicted molar refractivity (Wildman–Crippen MR) is 477 cm³/mol. The van der Waals surface area contributed by atoms with Gasteiger partial charge in [0.1, 0.15) is 16.6 Å². The molecule has 2 fully saturated rings. The Balaban J connectivity index is 0.000000164. The molecule has 1 saturated carbocycles. The molecule has 52 heteroatoms. The molecule has 0 spiro atoms. The van der Waals surface area contributed by atoms with Crippen molar-refractivity contribution in [3.8, 4) is 0 Å². The molecular weight excluding hydrogens is 1660 g/mol. The molecule has 1 aliphatic heterocycles. The Hall–Kier alpha value is -13.5. The molecule has 8 aromatic carbocycles. The first-order chi connectivity index (χ1) is 59.5. The van der Waals surface area contributed by atoms with Crippen molar-refractivity contribution in [2.45, 2.75) is 85.5 Å². The van der Waals surface area contributed by atoms with E-state index >= 15 is 0 Å². The van der Waals surface area contributed by atoms with Gasteiger partial charge >= 0.3 is 69.7 Å². The van der Waals surface area contributed by atoms with Crippen LogP contribution in [0.1, 0.15) is 68.2 Å². The number of anilines is 8. The van der Waals surface area contributed by atoms with Crippen LogP contribution >= 0.6 is 0 Å². The van der Waals surface area contributed by atoms with Crippen molar-refractivity contribution in [1.82, 2.24) is 40.7 Å². The number of nitrogens with zero attached hydrogens (tertiary/aromatic N) is 8. The number of nitrogens with two attached hydrogens (primary N) is 1. The highest BCUT2D eigenvalue weighted by Gasteiger charge is 2.52. The van der Waals surface area contributed by atoms with Crippen molar-refractivity contribution in [2.24, 2.45) is 0 Å². The number of nitrogens with one attached hydrogen (secondary N) is 7. The van der Waals surface area contributed by atoms with Gasteiger partial charge in [-0.3, -0.25) is 29.8 Å². The van der Waals surface area contributed by atoms with E-state index in [1.54, 1.807) is 61.6 Å². The average Bonchev–Trinajstić information content (AvgIpc) is 1.61. The van der Waals surface area contributed by atoms with Crippen LogP contribution in [-0.4, -0.2) is 225 Å². The van der Waals surface area contributed by atoms with Gasteiger partial charge in [0.2, 0.25) is 23.6 Å². The number of amides is 4. The first-order valence-corrected chi connectivity index (χ1v) is 37.8. The second-order valence-electron chi connectivity index (χ2n) is 28.6. The Labute approximate surface area is 721 Å². The molecule has 0 atom stereocenters. The molecule has 0 bridgehead atoms. The number of aromatic nitrogens is 8. The number of carbonyl (C=O) groups is 4. The summed E-state index contributed by atoms with van der Waals surface area (Å²) >= 11 is 0. The van der Waals surface area contributed by atoms with E-state index in [2.05, 4.69) is 78.0 Å². The lowest BCUT2D eigenvalue weighted by molar-refractivity contribution is -0.115. The normalized spacial score (nSPS) is 12.5. The Morgan fingerprint density at radius 3 is 1.21 bits per heavy atom. The molecule has 9 heterocycles. The number of oxazole rings is 3. The smallest absolute Gasteiger partial charge is 0.450 e. The lowest BCUT2D eigenvalue weighted by Crippen LogP contribution is -2.41. The van der Waals surface area contributed by atoms with Gasteiger partial charge in [-0.05, 0) is 158 Å². The van der Waals surface area contributed by atoms with Crippen molar-refractivity contribution in [3.05, 3.63) is 146 Å². The highest BCUT2D eigenvalue weighted by Crippen LogP contribution is 2.37. The summed E-state index contributed by atoms with van der Waals surface area (Å²) in [6.07, 6.45) is 2.39. The minimum absolute atomic E-state index is 0. The maximum atomic E-state index is 10.9. The van der Waals surface area contributed by atoms with Gasteiger partial charge in [-0.15, -0.1) is 0 Å². The first-order valence-electron chi connectivity index (χ1n) is 37.8. The van der Waals surface area contributed by atoms with Crippen molar-refractivity contribution in [1.29, 1.82) is 0 Å². The molecule has 656 valence electrons. The van der Waals surface area contributed by atoms with Crippen LogP contribution in [0.4, 0.5) is 47.1 Å². The van der Waals surface area contributed by atoms with E-state index < -0.39 is 35.6 Å². The summed E-state index contributed by atoms with van der Waals surface area (Å²) in [5, 5.41) is 149. The van der Waals surface area contributed by atoms with E-state index in [-0.39, 0.29) is 76.8 Å². The number of fused-ring (bicyclic) bond motifs is 8. The second-order valence-corrected chi connectivity index (χ2v) is 28.6. The van der Waals surface area contributed by atoms with Gasteiger partial charge in [0.05, 0.1) is 38.1 Å². The fourth-order valence-electron chi connectivity index (χ4n) is 11.5. The third-order valence-corrected chi connectivity index (χ3v) is 18.6. The average molecular weight is 1740 g/mol. The van der Waals surface area contributed by atoms with Crippen LogP contribution in [0, 0.1) is 0 Å². The highest BCUT2D eigenvalue weighted by molar-refractivity contribution is 6.63. The van der Waals surface area contributed by atoms with E-state index in [4.69, 9.17) is 111 Å². The minimum Gasteiger partial charge on any atom is -0.450 e. The van der Waals surface area contributed by atoms with Crippen molar-refractivity contribution in [2.75, 3.05) is 57.0 Å². The molecule has 2 radical (unpaired) electrons. The molecule has 44 nitrogen and oxygen atoms in total. The summed E-state index contributed by atoms with van der Waals surface area (Å²) in [5.74, 6) is 1.68. The topological polar surface area (TPSA) is 711 Å². The van der Waals surface area contributed by atoms with Crippen LogP contribution in [0.15, 0.2) is 181 Å². The van der Waals surface area contributed by atoms with Crippen molar-refractivity contribution in [3.63, 3.8) is 0 Å². The fraction of sp³-hybridized carbons (Fsp3) is 0.200. The first kappa shape index (κ1) is 97.3. The molecule has 0 unspecified atom stereocenters. The van der Waals surface area contributed by atoms with E-state index in [1.165, 1.54) is 101 Å². The van der Waals surface area contributed by atoms with E-state index in [9.17, 15) is 19.2 Å². The van der Waals surface area contributed by atoms with Gasteiger partial charge in [-0.1, -0.05) is 97.4 Å². The van der Waals surface area contributed by atoms with Gasteiger partial charge in [-0.25, -0.2) is 0 Å². The molecule has 4 amide bonds. The number of hydrogen-bond donors (Lipinski definition) is 20. The number of hydrogen-bond acceptors (Lipinski definition) is 38. The van der Waals surface area contributed by atoms with Crippen LogP contribution in [-0.2, 0) is 28.5 Å². The molecular formula is C75H84B8N16O28. The quantitative estimate of drug-likeness (QED) is 0.0476. The maximum Gasteiger partial charge on any atom is 0.494 e. The third kappa shape index (κ3) is 25.2. The molecule has 16 aromatic rings. The molecule has 1 saturated heterocycles. The summed E-state index contributed by atoms with van der Waals surface area (Å²) in [4.78, 5) is 55.1. The Morgan fingerprint density at radius 2 is 0.748 bits per heavy atom. The molecule has 25 N–H and O–H groups in total. The molecule has 127 heavy (non-hydrogen) atoms. The SMILES string of the molecule is CC(=O)Nc1nc2cc(B(O)O)ccc2o1.CC(=O)Nc1nc2ccc(B(O)O)cc2o1.CC(=O)Nc1noc2cc(B(O)O)ccc12.CC(=O)Nc1noc2ccc(B(O)O)cc12.CNc1noc2ccc(B3OC(C)(C)C(C)(C)O3)cc12.CNc1noc2ccc([B]O)cc12.Nc1nc2cc(B(O)O)ccc2o1.O.O.O[B]c1ccc2onc(NC3CC3)c2c1. The van der Waals surface area contributed by atoms with Gasteiger partial charge in [0.15, 0.2) is 73.8 Å². The summed E-state index contributed by atoms with van der Waals surface area (Å²) in [7, 11) is -2.39. The van der Waals surface area contributed by atoms with Crippen molar-refractivity contribution < 1.29 is 136 Å². The number of carbonyl (C=O) groups excluding carboxylic acids is 4. The zero-order valence-corrected chi connectivity index (χ0v) is 69.2. The third-order valence-electron chi connectivity index (χ3n) is 18.6. The molecule has 18 rings (SSSR count). The predicted octanol–water partition coefficient (Wildman–Crippen LogP) is -1.78. The van der Waals surface area contributed by atoms with Gasteiger partial charge < -0.3 is 149 Å². The van der Waals surface area contributed by atoms with Gasteiger partial charge in [0.25, 0.3) is 6.01 Å². The largest absolute Gasteiger partial charge is 0.494 e. The summed E-state index contributed by atoms with van der Waals surface area (Å²) < 4.78 is 52.9. The van der Waals surface area contributed by atoms with Crippen molar-refractivity contribution >= 4 is 260 Å². The highest BCUT2D eigenvalue weighted by atomic mass is 16.7. The maximum absolute atomic E-state index is 10.9. The monoisotopic (exact) mass is 1740 g/mol. The van der Waals surface area contributed by atoms with E-state index in [1.807, 2.05) is 65.1 Å². The van der Waals surface area contributed by atoms with E-state index in [0.717, 1.165) is 70.3 Å².